The largest absolute Gasteiger partial charge is 0.326 e. The monoisotopic (exact) mass is 666 g/mol. The fraction of sp³-hybridized carbons (Fsp3) is 0.152. The van der Waals surface area contributed by atoms with Crippen molar-refractivity contribution in [1.82, 2.24) is 9.55 Å². The van der Waals surface area contributed by atoms with E-state index >= 15 is 0 Å². The molecule has 7 aromatic rings. The molecule has 0 spiro atoms. The maximum atomic E-state index is 4.48. The van der Waals surface area contributed by atoms with Crippen molar-refractivity contribution in [3.63, 3.8) is 0 Å². The number of rotatable bonds is 12. The minimum Gasteiger partial charge on any atom is -0.326 e. The molecule has 0 radical (unpaired) electrons. The predicted molar refractivity (Wildman–Crippen MR) is 218 cm³/mol. The van der Waals surface area contributed by atoms with Gasteiger partial charge in [0.2, 0.25) is 6.71 Å². The van der Waals surface area contributed by atoms with Gasteiger partial charge in [-0.25, -0.2) is 4.98 Å². The molecule has 0 fully saturated rings. The van der Waals surface area contributed by atoms with Crippen LogP contribution < -0.4 is 21.6 Å². The lowest BCUT2D eigenvalue weighted by Crippen LogP contribution is -2.51. The summed E-state index contributed by atoms with van der Waals surface area (Å²) in [4.78, 5) is 4.48. The Morgan fingerprint density at radius 3 is 1.38 bits per heavy atom. The van der Waals surface area contributed by atoms with Crippen molar-refractivity contribution in [3.05, 3.63) is 211 Å². The Morgan fingerprint density at radius 1 is 0.540 bits per heavy atom. The highest BCUT2D eigenvalue weighted by Crippen LogP contribution is 2.35. The molecule has 0 aliphatic carbocycles. The lowest BCUT2D eigenvalue weighted by molar-refractivity contribution is 0.594. The van der Waals surface area contributed by atoms with E-state index in [0.717, 1.165) is 25.7 Å². The van der Waals surface area contributed by atoms with E-state index in [4.69, 9.17) is 0 Å². The number of benzene rings is 6. The molecule has 0 unspecified atom stereocenters. The van der Waals surface area contributed by atoms with E-state index in [1.165, 1.54) is 43.8 Å². The fourth-order valence-electron chi connectivity index (χ4n) is 7.20. The van der Waals surface area contributed by atoms with Gasteiger partial charge in [0, 0.05) is 12.4 Å². The molecule has 6 aromatic carbocycles. The Labute approximate surface area is 301 Å². The van der Waals surface area contributed by atoms with Crippen LogP contribution >= 0.6 is 0 Å². The molecule has 0 aliphatic heterocycles. The lowest BCUT2D eigenvalue weighted by atomic mass is 9.37. The highest BCUT2D eigenvalue weighted by molar-refractivity contribution is 6.95. The quantitative estimate of drug-likeness (QED) is 0.126. The normalized spacial score (nSPS) is 11.2. The van der Waals surface area contributed by atoms with Gasteiger partial charge in [0.1, 0.15) is 0 Å². The fourth-order valence-corrected chi connectivity index (χ4v) is 9.51. The summed E-state index contributed by atoms with van der Waals surface area (Å²) < 4.78 is 2.36. The maximum Gasteiger partial charge on any atom is 0.241 e. The van der Waals surface area contributed by atoms with Crippen LogP contribution in [0.5, 0.6) is 0 Å². The smallest absolute Gasteiger partial charge is 0.241 e. The highest BCUT2D eigenvalue weighted by Gasteiger charge is 2.37. The van der Waals surface area contributed by atoms with E-state index in [1.807, 2.05) is 12.5 Å². The first-order chi connectivity index (χ1) is 24.7. The SMILES string of the molecule is CCCc1cccc(C([SiH2]c2ccccc2)(c2cccc(CCC)c2)n2ccnc2)c1.c1ccc(B(c2ccccc2)c2ccccc2)cc1. The summed E-state index contributed by atoms with van der Waals surface area (Å²) in [5, 5.41) is 1.24. The van der Waals surface area contributed by atoms with Gasteiger partial charge in [-0.1, -0.05) is 218 Å². The van der Waals surface area contributed by atoms with Gasteiger partial charge in [-0.05, 0) is 35.1 Å². The number of imidazole rings is 1. The zero-order valence-electron chi connectivity index (χ0n) is 29.4. The molecule has 0 saturated carbocycles. The summed E-state index contributed by atoms with van der Waals surface area (Å²) in [5.41, 5.74) is 9.58. The molecule has 0 amide bonds. The van der Waals surface area contributed by atoms with Gasteiger partial charge < -0.3 is 4.57 Å². The average molecular weight is 667 g/mol. The van der Waals surface area contributed by atoms with E-state index in [9.17, 15) is 0 Å². The van der Waals surface area contributed by atoms with Crippen molar-refractivity contribution < 1.29 is 0 Å². The predicted octanol–water partition coefficient (Wildman–Crippen LogP) is 7.23. The van der Waals surface area contributed by atoms with Crippen molar-refractivity contribution in [1.29, 1.82) is 0 Å². The van der Waals surface area contributed by atoms with Crippen molar-refractivity contribution >= 4 is 37.8 Å². The molecule has 0 atom stereocenters. The Balaban J connectivity index is 0.000000194. The van der Waals surface area contributed by atoms with E-state index in [0.29, 0.717) is 6.71 Å². The number of nitrogens with zero attached hydrogens (tertiary/aromatic N) is 2. The summed E-state index contributed by atoms with van der Waals surface area (Å²) in [6, 6.07) is 61.6. The molecule has 1 aromatic heterocycles. The molecule has 7 rings (SSSR count). The first kappa shape index (κ1) is 34.7. The standard InChI is InChI=1S/C28H32N2Si.C18H15B/c1-3-10-23-12-8-14-25(20-23)28(30-19-18-29-22-30,31-27-16-6-5-7-17-27)26-15-9-13-24(21-26)11-4-2;1-4-10-16(11-5-1)19(17-12-6-2-7-13-17)18-14-8-3-9-15-18/h5-9,12-22H,3-4,10-11,31H2,1-2H3;1-15H. The Morgan fingerprint density at radius 2 is 0.980 bits per heavy atom. The first-order valence-corrected chi connectivity index (χ1v) is 19.5. The number of hydrogen-bond acceptors (Lipinski definition) is 1. The molecule has 248 valence electrons. The third kappa shape index (κ3) is 8.33. The van der Waals surface area contributed by atoms with Gasteiger partial charge in [-0.3, -0.25) is 0 Å². The summed E-state index contributed by atoms with van der Waals surface area (Å²) >= 11 is 0. The molecule has 2 nitrogen and oxygen atoms in total. The van der Waals surface area contributed by atoms with Crippen LogP contribution in [-0.2, 0) is 18.0 Å². The number of aromatic nitrogens is 2. The van der Waals surface area contributed by atoms with E-state index in [-0.39, 0.29) is 5.16 Å². The number of hydrogen-bond donors (Lipinski definition) is 0. The Bertz CT molecular complexity index is 1850. The first-order valence-electron chi connectivity index (χ1n) is 18.1. The highest BCUT2D eigenvalue weighted by atomic mass is 28.2. The third-order valence-electron chi connectivity index (χ3n) is 9.53. The molecule has 1 heterocycles. The van der Waals surface area contributed by atoms with Crippen molar-refractivity contribution in [2.24, 2.45) is 0 Å². The molecule has 0 bridgehead atoms. The molecule has 0 saturated heterocycles. The van der Waals surface area contributed by atoms with E-state index in [2.05, 4.69) is 199 Å². The van der Waals surface area contributed by atoms with Crippen molar-refractivity contribution in [2.45, 2.75) is 44.7 Å². The molecule has 4 heteroatoms. The third-order valence-corrected chi connectivity index (χ3v) is 12.1. The van der Waals surface area contributed by atoms with E-state index < -0.39 is 9.52 Å². The zero-order chi connectivity index (χ0) is 34.4. The second-order valence-corrected chi connectivity index (χ2v) is 15.3. The molecule has 0 aliphatic rings. The van der Waals surface area contributed by atoms with Gasteiger partial charge in [-0.2, -0.15) is 0 Å². The van der Waals surface area contributed by atoms with Gasteiger partial charge in [-0.15, -0.1) is 0 Å². The maximum absolute atomic E-state index is 4.48. The summed E-state index contributed by atoms with van der Waals surface area (Å²) in [5.74, 6) is 0. The number of aryl methyl sites for hydroxylation is 2. The van der Waals surface area contributed by atoms with E-state index in [1.54, 1.807) is 0 Å². The van der Waals surface area contributed by atoms with Crippen molar-refractivity contribution in [3.8, 4) is 0 Å². The molecular weight excluding hydrogens is 619 g/mol. The topological polar surface area (TPSA) is 17.8 Å². The van der Waals surface area contributed by atoms with Crippen LogP contribution in [0.2, 0.25) is 0 Å². The summed E-state index contributed by atoms with van der Waals surface area (Å²) in [7, 11) is -0.807. The lowest BCUT2D eigenvalue weighted by Gasteiger charge is -2.37. The van der Waals surface area contributed by atoms with Gasteiger partial charge in [0.25, 0.3) is 0 Å². The summed E-state index contributed by atoms with van der Waals surface area (Å²) in [6.45, 7) is 4.81. The van der Waals surface area contributed by atoms with Crippen LogP contribution in [0.3, 0.4) is 0 Å². The molecular formula is C46H47BN2Si. The van der Waals surface area contributed by atoms with Crippen LogP contribution in [0, 0.1) is 0 Å². The van der Waals surface area contributed by atoms with Crippen LogP contribution in [0.4, 0.5) is 0 Å². The Kier molecular flexibility index (Phi) is 12.1. The molecule has 0 N–H and O–H groups in total. The minimum absolute atomic E-state index is 0.217. The summed E-state index contributed by atoms with van der Waals surface area (Å²) in [6.07, 6.45) is 10.6. The minimum atomic E-state index is -0.807. The Hall–Kier alpha value is -5.19. The van der Waals surface area contributed by atoms with Crippen LogP contribution in [-0.4, -0.2) is 25.8 Å². The van der Waals surface area contributed by atoms with Gasteiger partial charge in [0.15, 0.2) is 0 Å². The van der Waals surface area contributed by atoms with Crippen LogP contribution in [0.1, 0.15) is 48.9 Å². The average Bonchev–Trinajstić information content (AvgIpc) is 3.72. The van der Waals surface area contributed by atoms with Crippen LogP contribution in [0.15, 0.2) is 189 Å². The molecule has 50 heavy (non-hydrogen) atoms. The van der Waals surface area contributed by atoms with Crippen LogP contribution in [0.25, 0.3) is 0 Å². The zero-order valence-corrected chi connectivity index (χ0v) is 30.8. The van der Waals surface area contributed by atoms with Gasteiger partial charge >= 0.3 is 0 Å². The van der Waals surface area contributed by atoms with Crippen molar-refractivity contribution in [2.75, 3.05) is 0 Å². The van der Waals surface area contributed by atoms with Gasteiger partial charge in [0.05, 0.1) is 21.0 Å². The second-order valence-electron chi connectivity index (χ2n) is 13.1. The second kappa shape index (κ2) is 17.5.